The van der Waals surface area contributed by atoms with Gasteiger partial charge in [0, 0.05) is 17.0 Å². The third-order valence-electron chi connectivity index (χ3n) is 4.38. The van der Waals surface area contributed by atoms with Gasteiger partial charge in [0.15, 0.2) is 11.5 Å². The summed E-state index contributed by atoms with van der Waals surface area (Å²) in [5, 5.41) is 1.13. The molecule has 4 rings (SSSR count). The number of esters is 1. The van der Waals surface area contributed by atoms with Crippen molar-refractivity contribution in [2.75, 3.05) is 13.2 Å². The maximum absolute atomic E-state index is 12.3. The van der Waals surface area contributed by atoms with Crippen LogP contribution in [-0.4, -0.2) is 19.2 Å². The van der Waals surface area contributed by atoms with Crippen LogP contribution >= 0.6 is 11.6 Å². The highest BCUT2D eigenvalue weighted by Gasteiger charge is 2.18. The molecule has 0 aliphatic carbocycles. The Kier molecular flexibility index (Phi) is 4.96. The van der Waals surface area contributed by atoms with Gasteiger partial charge in [-0.25, -0.2) is 4.79 Å². The van der Waals surface area contributed by atoms with E-state index in [2.05, 4.69) is 0 Å². The lowest BCUT2D eigenvalue weighted by molar-refractivity contribution is -0.144. The summed E-state index contributed by atoms with van der Waals surface area (Å²) in [6.07, 6.45) is 0.0227. The molecule has 0 saturated heterocycles. The maximum atomic E-state index is 12.3. The Balaban J connectivity index is 1.49. The van der Waals surface area contributed by atoms with E-state index in [1.54, 1.807) is 18.2 Å². The molecule has 28 heavy (non-hydrogen) atoms. The topological polar surface area (TPSA) is 75.0 Å². The van der Waals surface area contributed by atoms with Crippen molar-refractivity contribution < 1.29 is 23.4 Å². The lowest BCUT2D eigenvalue weighted by atomic mass is 10.1. The summed E-state index contributed by atoms with van der Waals surface area (Å²) in [7, 11) is 0. The number of halogens is 1. The average Bonchev–Trinajstić information content (AvgIpc) is 2.65. The fourth-order valence-electron chi connectivity index (χ4n) is 3.10. The Morgan fingerprint density at radius 3 is 2.82 bits per heavy atom. The molecule has 6 nitrogen and oxygen atoms in total. The van der Waals surface area contributed by atoms with E-state index in [9.17, 15) is 9.59 Å². The van der Waals surface area contributed by atoms with Crippen molar-refractivity contribution in [2.45, 2.75) is 20.0 Å². The Hall–Kier alpha value is -2.99. The average molecular weight is 401 g/mol. The molecule has 0 fully saturated rings. The molecule has 0 saturated carbocycles. The summed E-state index contributed by atoms with van der Waals surface area (Å²) >= 11 is 6.20. The van der Waals surface area contributed by atoms with Gasteiger partial charge >= 0.3 is 11.6 Å². The zero-order valence-electron chi connectivity index (χ0n) is 15.1. The highest BCUT2D eigenvalue weighted by molar-refractivity contribution is 6.32. The van der Waals surface area contributed by atoms with Gasteiger partial charge in [-0.2, -0.15) is 0 Å². The molecule has 0 radical (unpaired) electrons. The summed E-state index contributed by atoms with van der Waals surface area (Å²) in [5.41, 5.74) is 2.22. The molecule has 2 heterocycles. The second-order valence-corrected chi connectivity index (χ2v) is 6.94. The second-order valence-electron chi connectivity index (χ2n) is 6.53. The van der Waals surface area contributed by atoms with Crippen LogP contribution in [0.25, 0.3) is 11.0 Å². The molecular weight excluding hydrogens is 384 g/mol. The van der Waals surface area contributed by atoms with Crippen LogP contribution < -0.4 is 15.1 Å². The van der Waals surface area contributed by atoms with E-state index in [0.29, 0.717) is 46.4 Å². The SMILES string of the molecule is Cc1ccc2c(COC(=O)Cc3cc(Cl)c4c(c3)OCCO4)cc(=O)oc2c1. The highest BCUT2D eigenvalue weighted by Crippen LogP contribution is 2.38. The van der Waals surface area contributed by atoms with Crippen molar-refractivity contribution in [1.82, 2.24) is 0 Å². The quantitative estimate of drug-likeness (QED) is 0.489. The molecule has 0 amide bonds. The number of benzene rings is 2. The number of fused-ring (bicyclic) bond motifs is 2. The zero-order valence-corrected chi connectivity index (χ0v) is 15.9. The van der Waals surface area contributed by atoms with Gasteiger partial charge in [0.25, 0.3) is 0 Å². The minimum atomic E-state index is -0.484. The Bertz CT molecular complexity index is 1120. The number of carbonyl (C=O) groups excluding carboxylic acids is 1. The van der Waals surface area contributed by atoms with E-state index in [0.717, 1.165) is 10.9 Å². The van der Waals surface area contributed by atoms with Crippen LogP contribution in [0.4, 0.5) is 0 Å². The van der Waals surface area contributed by atoms with Crippen LogP contribution in [0.15, 0.2) is 45.6 Å². The van der Waals surface area contributed by atoms with Gasteiger partial charge in [-0.15, -0.1) is 0 Å². The molecule has 0 unspecified atom stereocenters. The van der Waals surface area contributed by atoms with Crippen molar-refractivity contribution in [1.29, 1.82) is 0 Å². The fraction of sp³-hybridized carbons (Fsp3) is 0.238. The van der Waals surface area contributed by atoms with Crippen molar-refractivity contribution in [3.8, 4) is 11.5 Å². The van der Waals surface area contributed by atoms with E-state index in [1.165, 1.54) is 6.07 Å². The van der Waals surface area contributed by atoms with Crippen molar-refractivity contribution in [3.05, 3.63) is 68.5 Å². The van der Waals surface area contributed by atoms with E-state index >= 15 is 0 Å². The third-order valence-corrected chi connectivity index (χ3v) is 4.66. The van der Waals surface area contributed by atoms with Crippen molar-refractivity contribution in [2.24, 2.45) is 0 Å². The highest BCUT2D eigenvalue weighted by atomic mass is 35.5. The molecule has 1 aromatic heterocycles. The van der Waals surface area contributed by atoms with Crippen molar-refractivity contribution >= 4 is 28.5 Å². The first kappa shape index (κ1) is 18.4. The summed E-state index contributed by atoms with van der Waals surface area (Å²) in [6.45, 7) is 2.75. The number of hydrogen-bond acceptors (Lipinski definition) is 6. The Morgan fingerprint density at radius 1 is 1.14 bits per heavy atom. The van der Waals surface area contributed by atoms with Gasteiger partial charge in [-0.1, -0.05) is 23.7 Å². The van der Waals surface area contributed by atoms with Crippen LogP contribution in [0.3, 0.4) is 0 Å². The van der Waals surface area contributed by atoms with E-state index in [4.69, 9.17) is 30.2 Å². The van der Waals surface area contributed by atoms with Crippen molar-refractivity contribution in [3.63, 3.8) is 0 Å². The summed E-state index contributed by atoms with van der Waals surface area (Å²) in [5.74, 6) is 0.563. The van der Waals surface area contributed by atoms with Crippen LogP contribution in [-0.2, 0) is 22.6 Å². The number of carbonyl (C=O) groups is 1. The van der Waals surface area contributed by atoms with Crippen LogP contribution in [0.1, 0.15) is 16.7 Å². The minimum Gasteiger partial charge on any atom is -0.486 e. The smallest absolute Gasteiger partial charge is 0.336 e. The second kappa shape index (κ2) is 7.56. The molecule has 0 spiro atoms. The Labute approximate surface area is 165 Å². The molecule has 0 bridgehead atoms. The standard InChI is InChI=1S/C21H17ClO6/c1-12-2-3-15-14(10-20(24)28-17(15)6-12)11-27-19(23)9-13-7-16(22)21-18(8-13)25-4-5-26-21/h2-3,6-8,10H,4-5,9,11H2,1H3. The Morgan fingerprint density at radius 2 is 1.96 bits per heavy atom. The first-order chi connectivity index (χ1) is 13.5. The molecule has 3 aromatic rings. The maximum Gasteiger partial charge on any atom is 0.336 e. The molecular formula is C21H17ClO6. The third kappa shape index (κ3) is 3.82. The minimum absolute atomic E-state index is 0.0227. The summed E-state index contributed by atoms with van der Waals surface area (Å²) in [4.78, 5) is 24.1. The lowest BCUT2D eigenvalue weighted by Crippen LogP contribution is -2.16. The zero-order chi connectivity index (χ0) is 19.7. The molecule has 2 aromatic carbocycles. The predicted molar refractivity (Wildman–Crippen MR) is 103 cm³/mol. The molecule has 0 N–H and O–H groups in total. The first-order valence-corrected chi connectivity index (χ1v) is 9.14. The van der Waals surface area contributed by atoms with Gasteiger partial charge in [0.05, 0.1) is 11.4 Å². The van der Waals surface area contributed by atoms with Gasteiger partial charge in [-0.05, 0) is 36.2 Å². The van der Waals surface area contributed by atoms with Gasteiger partial charge < -0.3 is 18.6 Å². The summed E-state index contributed by atoms with van der Waals surface area (Å²) < 4.78 is 21.6. The molecule has 1 aliphatic rings. The first-order valence-electron chi connectivity index (χ1n) is 8.76. The number of aryl methyl sites for hydroxylation is 1. The fourth-order valence-corrected chi connectivity index (χ4v) is 3.39. The number of rotatable bonds is 4. The normalized spacial score (nSPS) is 12.8. The molecule has 0 atom stereocenters. The summed E-state index contributed by atoms with van der Waals surface area (Å²) in [6, 6.07) is 10.2. The van der Waals surface area contributed by atoms with E-state index < -0.39 is 11.6 Å². The predicted octanol–water partition coefficient (Wildman–Crippen LogP) is 3.81. The number of hydrogen-bond donors (Lipinski definition) is 0. The molecule has 7 heteroatoms. The van der Waals surface area contributed by atoms with Crippen LogP contribution in [0, 0.1) is 6.92 Å². The van der Waals surface area contributed by atoms with Gasteiger partial charge in [0.1, 0.15) is 25.4 Å². The van der Waals surface area contributed by atoms with E-state index in [1.807, 2.05) is 19.1 Å². The van der Waals surface area contributed by atoms with Gasteiger partial charge in [-0.3, -0.25) is 4.79 Å². The molecule has 144 valence electrons. The molecule has 1 aliphatic heterocycles. The van der Waals surface area contributed by atoms with Crippen LogP contribution in [0.5, 0.6) is 11.5 Å². The van der Waals surface area contributed by atoms with Crippen LogP contribution in [0.2, 0.25) is 5.02 Å². The van der Waals surface area contributed by atoms with E-state index in [-0.39, 0.29) is 13.0 Å². The van der Waals surface area contributed by atoms with Gasteiger partial charge in [0.2, 0.25) is 0 Å². The largest absolute Gasteiger partial charge is 0.486 e. The number of ether oxygens (including phenoxy) is 3. The monoisotopic (exact) mass is 400 g/mol. The lowest BCUT2D eigenvalue weighted by Gasteiger charge is -2.20.